The lowest BCUT2D eigenvalue weighted by Crippen LogP contribution is -2.26. The highest BCUT2D eigenvalue weighted by molar-refractivity contribution is 9.10. The van der Waals surface area contributed by atoms with Gasteiger partial charge >= 0.3 is 0 Å². The van der Waals surface area contributed by atoms with Crippen LogP contribution in [0.3, 0.4) is 0 Å². The maximum Gasteiger partial charge on any atom is 0.270 e. The highest BCUT2D eigenvalue weighted by Gasteiger charge is 2.19. The number of nitro benzene ring substituents is 1. The third-order valence-electron chi connectivity index (χ3n) is 2.87. The number of non-ortho nitro benzene ring substituents is 1. The molecule has 1 aliphatic heterocycles. The maximum atomic E-state index is 10.7. The van der Waals surface area contributed by atoms with E-state index in [1.807, 2.05) is 6.07 Å². The zero-order valence-electron chi connectivity index (χ0n) is 9.30. The number of benzene rings is 1. The lowest BCUT2D eigenvalue weighted by molar-refractivity contribution is -0.385. The van der Waals surface area contributed by atoms with Gasteiger partial charge in [0.05, 0.1) is 4.92 Å². The van der Waals surface area contributed by atoms with Gasteiger partial charge in [0.25, 0.3) is 5.69 Å². The summed E-state index contributed by atoms with van der Waals surface area (Å²) >= 11 is 3.29. The van der Waals surface area contributed by atoms with Gasteiger partial charge in [-0.1, -0.05) is 15.9 Å². The van der Waals surface area contributed by atoms with E-state index in [0.29, 0.717) is 6.54 Å². The predicted molar refractivity (Wildman–Crippen MR) is 68.7 cm³/mol. The molecule has 0 aromatic heterocycles. The van der Waals surface area contributed by atoms with E-state index >= 15 is 0 Å². The zero-order valence-corrected chi connectivity index (χ0v) is 10.9. The van der Waals surface area contributed by atoms with Crippen LogP contribution in [0.25, 0.3) is 0 Å². The molecule has 17 heavy (non-hydrogen) atoms. The smallest absolute Gasteiger partial charge is 0.270 e. The largest absolute Gasteiger partial charge is 0.326 e. The van der Waals surface area contributed by atoms with Crippen LogP contribution in [0.1, 0.15) is 12.0 Å². The van der Waals surface area contributed by atoms with Crippen LogP contribution in [0, 0.1) is 10.1 Å². The molecule has 0 spiro atoms. The molecule has 1 aliphatic rings. The fourth-order valence-electron chi connectivity index (χ4n) is 2.09. The molecule has 0 saturated carbocycles. The Hall–Kier alpha value is -0.980. The van der Waals surface area contributed by atoms with Gasteiger partial charge < -0.3 is 5.73 Å². The fourth-order valence-corrected chi connectivity index (χ4v) is 2.62. The normalized spacial score (nSPS) is 20.7. The highest BCUT2D eigenvalue weighted by atomic mass is 79.9. The average molecular weight is 300 g/mol. The third-order valence-corrected chi connectivity index (χ3v) is 3.33. The molecule has 2 N–H and O–H groups in total. The number of hydrogen-bond acceptors (Lipinski definition) is 4. The maximum absolute atomic E-state index is 10.7. The zero-order chi connectivity index (χ0) is 12.4. The molecule has 6 heteroatoms. The quantitative estimate of drug-likeness (QED) is 0.683. The molecule has 0 radical (unpaired) electrons. The Morgan fingerprint density at radius 2 is 2.29 bits per heavy atom. The number of halogens is 1. The molecule has 1 aromatic rings. The van der Waals surface area contributed by atoms with E-state index in [0.717, 1.165) is 29.5 Å². The number of nitrogens with two attached hydrogens (primary N) is 1. The van der Waals surface area contributed by atoms with Crippen LogP contribution in [0.4, 0.5) is 5.69 Å². The van der Waals surface area contributed by atoms with E-state index in [1.165, 1.54) is 6.07 Å². The van der Waals surface area contributed by atoms with Crippen molar-refractivity contribution in [2.24, 2.45) is 5.73 Å². The van der Waals surface area contributed by atoms with Crippen molar-refractivity contribution in [1.82, 2.24) is 4.90 Å². The Balaban J connectivity index is 2.12. The fraction of sp³-hybridized carbons (Fsp3) is 0.455. The van der Waals surface area contributed by atoms with Gasteiger partial charge in [-0.2, -0.15) is 0 Å². The van der Waals surface area contributed by atoms with Crippen LogP contribution in [-0.4, -0.2) is 29.0 Å². The molecule has 1 heterocycles. The van der Waals surface area contributed by atoms with E-state index in [2.05, 4.69) is 20.8 Å². The summed E-state index contributed by atoms with van der Waals surface area (Å²) in [5.41, 5.74) is 6.90. The summed E-state index contributed by atoms with van der Waals surface area (Å²) in [5, 5.41) is 10.7. The standard InChI is InChI=1S/C11H14BrN3O2/c12-9-3-8(4-11(5-9)15(16)17)6-14-2-1-10(13)7-14/h3-5,10H,1-2,6-7,13H2/t10-/m1/s1. The van der Waals surface area contributed by atoms with Crippen molar-refractivity contribution in [3.63, 3.8) is 0 Å². The number of hydrogen-bond donors (Lipinski definition) is 1. The molecule has 0 aliphatic carbocycles. The number of nitrogens with zero attached hydrogens (tertiary/aromatic N) is 2. The minimum Gasteiger partial charge on any atom is -0.326 e. The molecule has 1 aromatic carbocycles. The van der Waals surface area contributed by atoms with Crippen molar-refractivity contribution in [3.05, 3.63) is 38.3 Å². The number of likely N-dealkylation sites (tertiary alicyclic amines) is 1. The van der Waals surface area contributed by atoms with Crippen molar-refractivity contribution in [2.45, 2.75) is 19.0 Å². The van der Waals surface area contributed by atoms with Crippen molar-refractivity contribution in [2.75, 3.05) is 13.1 Å². The molecule has 1 saturated heterocycles. The highest BCUT2D eigenvalue weighted by Crippen LogP contribution is 2.23. The Labute approximate surface area is 108 Å². The Kier molecular flexibility index (Phi) is 3.76. The van der Waals surface area contributed by atoms with Crippen LogP contribution in [-0.2, 0) is 6.54 Å². The van der Waals surface area contributed by atoms with Crippen LogP contribution in [0.2, 0.25) is 0 Å². The summed E-state index contributed by atoms with van der Waals surface area (Å²) < 4.78 is 0.741. The Morgan fingerprint density at radius 1 is 1.53 bits per heavy atom. The first-order chi connectivity index (χ1) is 8.04. The predicted octanol–water partition coefficient (Wildman–Crippen LogP) is 1.89. The summed E-state index contributed by atoms with van der Waals surface area (Å²) in [5.74, 6) is 0. The third kappa shape index (κ3) is 3.24. The van der Waals surface area contributed by atoms with Crippen LogP contribution in [0.15, 0.2) is 22.7 Å². The Bertz CT molecular complexity index is 439. The molecule has 0 bridgehead atoms. The van der Waals surface area contributed by atoms with Crippen molar-refractivity contribution >= 4 is 21.6 Å². The molecule has 1 fully saturated rings. The molecule has 0 amide bonds. The van der Waals surface area contributed by atoms with E-state index in [4.69, 9.17) is 5.73 Å². The van der Waals surface area contributed by atoms with Crippen LogP contribution in [0.5, 0.6) is 0 Å². The van der Waals surface area contributed by atoms with E-state index in [1.54, 1.807) is 6.07 Å². The molecule has 2 rings (SSSR count). The SMILES string of the molecule is N[C@@H]1CCN(Cc2cc(Br)cc([N+](=O)[O-])c2)C1. The van der Waals surface area contributed by atoms with Crippen molar-refractivity contribution in [3.8, 4) is 0 Å². The molecular formula is C11H14BrN3O2. The summed E-state index contributed by atoms with van der Waals surface area (Å²) in [4.78, 5) is 12.6. The number of rotatable bonds is 3. The summed E-state index contributed by atoms with van der Waals surface area (Å²) in [6.45, 7) is 2.54. The minimum atomic E-state index is -0.371. The lowest BCUT2D eigenvalue weighted by atomic mass is 10.2. The second-order valence-corrected chi connectivity index (χ2v) is 5.27. The average Bonchev–Trinajstić information content (AvgIpc) is 2.63. The second-order valence-electron chi connectivity index (χ2n) is 4.36. The molecular weight excluding hydrogens is 286 g/mol. The monoisotopic (exact) mass is 299 g/mol. The minimum absolute atomic E-state index is 0.123. The molecule has 92 valence electrons. The first-order valence-corrected chi connectivity index (χ1v) is 6.25. The second kappa shape index (κ2) is 5.12. The molecule has 0 unspecified atom stereocenters. The van der Waals surface area contributed by atoms with E-state index in [-0.39, 0.29) is 16.7 Å². The summed E-state index contributed by atoms with van der Waals surface area (Å²) in [6, 6.07) is 5.28. The topological polar surface area (TPSA) is 72.4 Å². The number of nitro groups is 1. The first kappa shape index (κ1) is 12.5. The van der Waals surface area contributed by atoms with Crippen molar-refractivity contribution < 1.29 is 4.92 Å². The van der Waals surface area contributed by atoms with Gasteiger partial charge in [0, 0.05) is 42.3 Å². The lowest BCUT2D eigenvalue weighted by Gasteiger charge is -2.15. The van der Waals surface area contributed by atoms with Gasteiger partial charge in [0.1, 0.15) is 0 Å². The molecule has 5 nitrogen and oxygen atoms in total. The van der Waals surface area contributed by atoms with Crippen LogP contribution < -0.4 is 5.73 Å². The van der Waals surface area contributed by atoms with E-state index in [9.17, 15) is 10.1 Å². The Morgan fingerprint density at radius 3 is 2.88 bits per heavy atom. The van der Waals surface area contributed by atoms with Crippen LogP contribution >= 0.6 is 15.9 Å². The van der Waals surface area contributed by atoms with E-state index < -0.39 is 0 Å². The van der Waals surface area contributed by atoms with Gasteiger partial charge in [0.15, 0.2) is 0 Å². The first-order valence-electron chi connectivity index (χ1n) is 5.46. The van der Waals surface area contributed by atoms with Crippen molar-refractivity contribution in [1.29, 1.82) is 0 Å². The van der Waals surface area contributed by atoms with Gasteiger partial charge in [-0.05, 0) is 18.1 Å². The van der Waals surface area contributed by atoms with Gasteiger partial charge in [-0.3, -0.25) is 15.0 Å². The van der Waals surface area contributed by atoms with Gasteiger partial charge in [-0.25, -0.2) is 0 Å². The summed E-state index contributed by atoms with van der Waals surface area (Å²) in [7, 11) is 0. The van der Waals surface area contributed by atoms with Gasteiger partial charge in [0.2, 0.25) is 0 Å². The summed E-state index contributed by atoms with van der Waals surface area (Å²) in [6.07, 6.45) is 0.996. The molecule has 1 atom stereocenters. The van der Waals surface area contributed by atoms with Gasteiger partial charge in [-0.15, -0.1) is 0 Å².